The molecule has 19 heavy (non-hydrogen) atoms. The molecule has 1 amide bonds. The van der Waals surface area contributed by atoms with Crippen molar-refractivity contribution in [1.82, 2.24) is 15.2 Å². The minimum absolute atomic E-state index is 0.0527. The van der Waals surface area contributed by atoms with Crippen molar-refractivity contribution in [3.05, 3.63) is 23.9 Å². The van der Waals surface area contributed by atoms with E-state index in [9.17, 15) is 4.79 Å². The molecule has 104 valence electrons. The number of nitrogens with zero attached hydrogens (tertiary/aromatic N) is 2. The quantitative estimate of drug-likeness (QED) is 0.857. The van der Waals surface area contributed by atoms with Crippen LogP contribution in [0.4, 0.5) is 5.82 Å². The topological polar surface area (TPSA) is 71.2 Å². The second kappa shape index (κ2) is 6.52. The predicted octanol–water partition coefficient (Wildman–Crippen LogP) is 1.27. The number of pyridine rings is 1. The molecule has 1 fully saturated rings. The van der Waals surface area contributed by atoms with Gasteiger partial charge in [-0.25, -0.2) is 4.98 Å². The number of amides is 1. The smallest absolute Gasteiger partial charge is 0.251 e. The Hall–Kier alpha value is -1.62. The van der Waals surface area contributed by atoms with Gasteiger partial charge in [0.05, 0.1) is 0 Å². The summed E-state index contributed by atoms with van der Waals surface area (Å²) in [4.78, 5) is 18.4. The van der Waals surface area contributed by atoms with Gasteiger partial charge in [0.2, 0.25) is 0 Å². The highest BCUT2D eigenvalue weighted by Crippen LogP contribution is 2.12. The number of nitrogens with two attached hydrogens (primary N) is 1. The van der Waals surface area contributed by atoms with E-state index >= 15 is 0 Å². The SMILES string of the molecule is CCCN1CCC(NC(=O)c2ccnc(N)c2)CC1. The van der Waals surface area contributed by atoms with Crippen LogP contribution in [0.25, 0.3) is 0 Å². The molecule has 1 saturated heterocycles. The number of likely N-dealkylation sites (tertiary alicyclic amines) is 1. The maximum atomic E-state index is 12.1. The number of rotatable bonds is 4. The minimum atomic E-state index is -0.0527. The number of aromatic nitrogens is 1. The largest absolute Gasteiger partial charge is 0.384 e. The molecule has 3 N–H and O–H groups in total. The molecule has 0 unspecified atom stereocenters. The molecule has 1 aromatic rings. The molecule has 0 radical (unpaired) electrons. The van der Waals surface area contributed by atoms with Crippen molar-refractivity contribution in [2.24, 2.45) is 0 Å². The van der Waals surface area contributed by atoms with Gasteiger partial charge in [-0.1, -0.05) is 6.92 Å². The van der Waals surface area contributed by atoms with Crippen molar-refractivity contribution < 1.29 is 4.79 Å². The van der Waals surface area contributed by atoms with Crippen LogP contribution in [-0.2, 0) is 0 Å². The molecule has 1 aliphatic rings. The third-order valence-electron chi connectivity index (χ3n) is 3.51. The van der Waals surface area contributed by atoms with Crippen molar-refractivity contribution in [3.8, 4) is 0 Å². The third kappa shape index (κ3) is 3.92. The Balaban J connectivity index is 1.84. The lowest BCUT2D eigenvalue weighted by Gasteiger charge is -2.32. The molecular formula is C14H22N4O. The number of hydrogen-bond acceptors (Lipinski definition) is 4. The fourth-order valence-electron chi connectivity index (χ4n) is 2.48. The monoisotopic (exact) mass is 262 g/mol. The van der Waals surface area contributed by atoms with E-state index in [1.165, 1.54) is 6.42 Å². The first-order valence-electron chi connectivity index (χ1n) is 6.93. The number of anilines is 1. The summed E-state index contributed by atoms with van der Waals surface area (Å²) in [6.07, 6.45) is 4.79. The summed E-state index contributed by atoms with van der Waals surface area (Å²) >= 11 is 0. The lowest BCUT2D eigenvalue weighted by Crippen LogP contribution is -2.44. The number of nitrogens with one attached hydrogen (secondary N) is 1. The summed E-state index contributed by atoms with van der Waals surface area (Å²) in [6, 6.07) is 3.58. The Labute approximate surface area is 114 Å². The van der Waals surface area contributed by atoms with Crippen molar-refractivity contribution in [2.75, 3.05) is 25.4 Å². The van der Waals surface area contributed by atoms with Gasteiger partial charge in [-0.2, -0.15) is 0 Å². The second-order valence-electron chi connectivity index (χ2n) is 5.06. The molecule has 2 rings (SSSR count). The van der Waals surface area contributed by atoms with Gasteiger partial charge in [0, 0.05) is 30.9 Å². The van der Waals surface area contributed by atoms with Crippen molar-refractivity contribution in [1.29, 1.82) is 0 Å². The summed E-state index contributed by atoms with van der Waals surface area (Å²) in [6.45, 7) is 5.48. The Bertz CT molecular complexity index is 427. The van der Waals surface area contributed by atoms with Gasteiger partial charge in [-0.3, -0.25) is 4.79 Å². The van der Waals surface area contributed by atoms with Crippen molar-refractivity contribution >= 4 is 11.7 Å². The summed E-state index contributed by atoms with van der Waals surface area (Å²) in [5.74, 6) is 0.327. The normalized spacial score (nSPS) is 17.3. The highest BCUT2D eigenvalue weighted by molar-refractivity contribution is 5.94. The fraction of sp³-hybridized carbons (Fsp3) is 0.571. The van der Waals surface area contributed by atoms with Gasteiger partial charge in [0.15, 0.2) is 0 Å². The Kier molecular flexibility index (Phi) is 4.74. The number of piperidine rings is 1. The van der Waals surface area contributed by atoms with Crippen LogP contribution in [0.2, 0.25) is 0 Å². The Morgan fingerprint density at radius 2 is 2.26 bits per heavy atom. The maximum absolute atomic E-state index is 12.1. The van der Waals surface area contributed by atoms with E-state index in [0.29, 0.717) is 11.4 Å². The van der Waals surface area contributed by atoms with E-state index < -0.39 is 0 Å². The molecule has 5 heteroatoms. The number of hydrogen-bond donors (Lipinski definition) is 2. The van der Waals surface area contributed by atoms with E-state index in [1.54, 1.807) is 18.3 Å². The number of carbonyl (C=O) groups excluding carboxylic acids is 1. The highest BCUT2D eigenvalue weighted by Gasteiger charge is 2.20. The molecule has 5 nitrogen and oxygen atoms in total. The van der Waals surface area contributed by atoms with E-state index in [4.69, 9.17) is 5.73 Å². The van der Waals surface area contributed by atoms with E-state index in [2.05, 4.69) is 22.1 Å². The van der Waals surface area contributed by atoms with E-state index in [1.807, 2.05) is 0 Å². The summed E-state index contributed by atoms with van der Waals surface area (Å²) in [5.41, 5.74) is 6.17. The predicted molar refractivity (Wildman–Crippen MR) is 75.9 cm³/mol. The van der Waals surface area contributed by atoms with Gasteiger partial charge in [-0.15, -0.1) is 0 Å². The number of carbonyl (C=O) groups is 1. The Morgan fingerprint density at radius 1 is 1.53 bits per heavy atom. The molecule has 0 aliphatic carbocycles. The van der Waals surface area contributed by atoms with Crippen LogP contribution in [0.15, 0.2) is 18.3 Å². The van der Waals surface area contributed by atoms with Crippen LogP contribution in [0.1, 0.15) is 36.5 Å². The van der Waals surface area contributed by atoms with Gasteiger partial charge in [0.1, 0.15) is 5.82 Å². The fourth-order valence-corrected chi connectivity index (χ4v) is 2.48. The van der Waals surface area contributed by atoms with Crippen LogP contribution in [-0.4, -0.2) is 41.5 Å². The van der Waals surface area contributed by atoms with Crippen LogP contribution >= 0.6 is 0 Å². The molecule has 2 heterocycles. The number of nitrogen functional groups attached to an aromatic ring is 1. The highest BCUT2D eigenvalue weighted by atomic mass is 16.1. The van der Waals surface area contributed by atoms with Gasteiger partial charge in [0.25, 0.3) is 5.91 Å². The molecule has 1 aromatic heterocycles. The summed E-state index contributed by atoms with van der Waals surface area (Å²) < 4.78 is 0. The molecule has 0 aromatic carbocycles. The first-order valence-corrected chi connectivity index (χ1v) is 6.93. The minimum Gasteiger partial charge on any atom is -0.384 e. The molecule has 0 spiro atoms. The van der Waals surface area contributed by atoms with Crippen LogP contribution in [0.3, 0.4) is 0 Å². The first kappa shape index (κ1) is 13.8. The van der Waals surface area contributed by atoms with E-state index in [-0.39, 0.29) is 11.9 Å². The lowest BCUT2D eigenvalue weighted by atomic mass is 10.0. The zero-order chi connectivity index (χ0) is 13.7. The molecule has 1 aliphatic heterocycles. The average Bonchev–Trinajstić information content (AvgIpc) is 2.41. The zero-order valence-corrected chi connectivity index (χ0v) is 11.4. The molecule has 0 saturated carbocycles. The summed E-state index contributed by atoms with van der Waals surface area (Å²) in [5, 5.41) is 3.08. The van der Waals surface area contributed by atoms with Gasteiger partial charge in [-0.05, 0) is 37.9 Å². The molecular weight excluding hydrogens is 240 g/mol. The van der Waals surface area contributed by atoms with Crippen LogP contribution < -0.4 is 11.1 Å². The summed E-state index contributed by atoms with van der Waals surface area (Å²) in [7, 11) is 0. The third-order valence-corrected chi connectivity index (χ3v) is 3.51. The van der Waals surface area contributed by atoms with Gasteiger partial charge >= 0.3 is 0 Å². The van der Waals surface area contributed by atoms with Gasteiger partial charge < -0.3 is 16.0 Å². The van der Waals surface area contributed by atoms with Crippen molar-refractivity contribution in [3.63, 3.8) is 0 Å². The zero-order valence-electron chi connectivity index (χ0n) is 11.4. The molecule has 0 bridgehead atoms. The Morgan fingerprint density at radius 3 is 2.89 bits per heavy atom. The molecule has 0 atom stereocenters. The maximum Gasteiger partial charge on any atom is 0.251 e. The standard InChI is InChI=1S/C14H22N4O/c1-2-7-18-8-4-12(5-9-18)17-14(19)11-3-6-16-13(15)10-11/h3,6,10,12H,2,4-5,7-9H2,1H3,(H2,15,16)(H,17,19). The van der Waals surface area contributed by atoms with Crippen LogP contribution in [0, 0.1) is 0 Å². The first-order chi connectivity index (χ1) is 9.19. The second-order valence-corrected chi connectivity index (χ2v) is 5.06. The lowest BCUT2D eigenvalue weighted by molar-refractivity contribution is 0.0911. The van der Waals surface area contributed by atoms with Crippen LogP contribution in [0.5, 0.6) is 0 Å². The average molecular weight is 262 g/mol. The van der Waals surface area contributed by atoms with Crippen molar-refractivity contribution in [2.45, 2.75) is 32.2 Å². The van der Waals surface area contributed by atoms with E-state index in [0.717, 1.165) is 32.5 Å².